The Labute approximate surface area is 424 Å². The molecule has 69 heavy (non-hydrogen) atoms. The number of aromatic nitrogens is 3. The zero-order valence-electron chi connectivity index (χ0n) is 38.3. The van der Waals surface area contributed by atoms with E-state index in [4.69, 9.17) is 4.98 Å². The Morgan fingerprint density at radius 3 is 1.54 bits per heavy atom. The smallest absolute Gasteiger partial charge is 0.871 e. The van der Waals surface area contributed by atoms with Crippen LogP contribution in [0.2, 0.25) is 0 Å². The van der Waals surface area contributed by atoms with Gasteiger partial charge in [0.15, 0.2) is 0 Å². The number of hydrogen-bond donors (Lipinski definition) is 0. The molecule has 2 aromatic heterocycles. The van der Waals surface area contributed by atoms with Gasteiger partial charge in [-0.25, -0.2) is 4.98 Å². The van der Waals surface area contributed by atoms with Crippen molar-refractivity contribution < 1.29 is 48.3 Å². The summed E-state index contributed by atoms with van der Waals surface area (Å²) >= 11 is 0. The molecule has 13 rings (SSSR count). The van der Waals surface area contributed by atoms with Crippen LogP contribution in [0.4, 0.5) is 0 Å². The Balaban J connectivity index is 0.000000373. The van der Waals surface area contributed by atoms with E-state index in [0.29, 0.717) is 5.52 Å². The molecule has 318 valence electrons. The molecule has 0 atom stereocenters. The van der Waals surface area contributed by atoms with Gasteiger partial charge in [0.2, 0.25) is 0 Å². The summed E-state index contributed by atoms with van der Waals surface area (Å²) in [6.07, 6.45) is 1.63. The Hall–Kier alpha value is -7.71. The number of fused-ring (bicyclic) bond motifs is 6. The second-order valence-corrected chi connectivity index (χ2v) is 16.7. The van der Waals surface area contributed by atoms with Crippen LogP contribution >= 0.6 is 0 Å². The van der Waals surface area contributed by atoms with Gasteiger partial charge in [-0.05, 0) is 130 Å². The average molecular weight is 874 g/mol. The first kappa shape index (κ1) is 46.4. The summed E-state index contributed by atoms with van der Waals surface area (Å²) < 4.78 is 2.26. The fraction of sp³-hybridized carbons (Fsp3) is 0. The van der Waals surface area contributed by atoms with Gasteiger partial charge in [-0.2, -0.15) is 0 Å². The number of pyridine rings is 1. The van der Waals surface area contributed by atoms with E-state index < -0.39 is 0 Å². The molecule has 7 heteroatoms. The van der Waals surface area contributed by atoms with Gasteiger partial charge >= 0.3 is 37.7 Å². The van der Waals surface area contributed by atoms with Gasteiger partial charge in [0.25, 0.3) is 0 Å². The Morgan fingerprint density at radius 2 is 0.870 bits per heavy atom. The van der Waals surface area contributed by atoms with Crippen LogP contribution in [0, 0.1) is 0 Å². The van der Waals surface area contributed by atoms with E-state index in [2.05, 4.69) is 216 Å². The van der Waals surface area contributed by atoms with Crippen LogP contribution in [0.15, 0.2) is 243 Å². The van der Waals surface area contributed by atoms with E-state index in [1.807, 2.05) is 18.2 Å². The van der Waals surface area contributed by atoms with E-state index in [1.165, 1.54) is 77.0 Å². The second kappa shape index (κ2) is 19.9. The maximum Gasteiger partial charge on any atom is 1.00 e. The molecule has 0 unspecified atom stereocenters. The zero-order chi connectivity index (χ0) is 44.0. The fourth-order valence-corrected chi connectivity index (χ4v) is 9.62. The molecule has 0 spiro atoms. The van der Waals surface area contributed by atoms with Crippen molar-refractivity contribution in [2.45, 2.75) is 0 Å². The largest absolute Gasteiger partial charge is 1.00 e. The number of hydrogen-bond acceptors (Lipinski definition) is 4. The first-order valence-corrected chi connectivity index (χ1v) is 22.3. The van der Waals surface area contributed by atoms with Crippen molar-refractivity contribution in [2.24, 2.45) is 0 Å². The second-order valence-electron chi connectivity index (χ2n) is 16.7. The Bertz CT molecular complexity index is 3960. The molecule has 13 aromatic rings. The summed E-state index contributed by atoms with van der Waals surface area (Å²) in [5, 5.41) is 22.0. The number of rotatable bonds is 5. The van der Waals surface area contributed by atoms with Crippen LogP contribution in [0.3, 0.4) is 0 Å². The number of nitrogens with zero attached hydrogens (tertiary/aromatic N) is 3. The summed E-state index contributed by atoms with van der Waals surface area (Å²) in [5.74, 6) is 0.922. The molecule has 0 aliphatic heterocycles. The summed E-state index contributed by atoms with van der Waals surface area (Å²) in [4.78, 5) is 9.09. The number of para-hydroxylation sites is 4. The van der Waals surface area contributed by atoms with Crippen LogP contribution < -0.4 is 42.8 Å². The Kier molecular flexibility index (Phi) is 13.4. The van der Waals surface area contributed by atoms with Crippen LogP contribution in [0.1, 0.15) is 0 Å². The summed E-state index contributed by atoms with van der Waals surface area (Å²) in [7, 11) is 0. The van der Waals surface area contributed by atoms with Gasteiger partial charge in [0.05, 0.1) is 16.6 Å². The normalized spacial score (nSPS) is 10.9. The molecule has 5 nitrogen and oxygen atoms in total. The molecule has 11 aromatic carbocycles. The fourth-order valence-electron chi connectivity index (χ4n) is 9.62. The van der Waals surface area contributed by atoms with Crippen LogP contribution in [-0.2, 0) is 0 Å². The number of benzene rings is 11. The first-order chi connectivity index (χ1) is 32.6. The predicted octanol–water partition coefficient (Wildman–Crippen LogP) is 9.45. The van der Waals surface area contributed by atoms with Crippen molar-refractivity contribution in [3.05, 3.63) is 243 Å². The van der Waals surface area contributed by atoms with Gasteiger partial charge in [0, 0.05) is 17.4 Å². The predicted molar refractivity (Wildman–Crippen MR) is 276 cm³/mol. The van der Waals surface area contributed by atoms with Crippen molar-refractivity contribution in [3.8, 4) is 56.2 Å². The molecule has 0 bridgehead atoms. The van der Waals surface area contributed by atoms with E-state index in [9.17, 15) is 5.11 Å². The molecule has 0 saturated carbocycles. The van der Waals surface area contributed by atoms with E-state index in [1.54, 1.807) is 12.3 Å². The summed E-state index contributed by atoms with van der Waals surface area (Å²) in [6.45, 7) is 0. The van der Waals surface area contributed by atoms with Gasteiger partial charge in [-0.15, -0.1) is 0 Å². The van der Waals surface area contributed by atoms with E-state index >= 15 is 0 Å². The molecule has 2 heterocycles. The standard InChI is InChI=1S/C53H34N2.C9H7NO.2Li.H2O/c1-2-16-44(17-3-1)55-50-21-11-10-20-49(50)54-53(55)38-26-22-37(23-27-38)41-30-31-47-48(34-41)52(43-29-25-36-13-5-7-15-40(36)33-43)46-19-9-8-18-45(46)51(47)42-28-24-35-12-4-6-14-39(35)32-42;11-8-5-1-3-7-4-2-6-10-9(7)8;;;/h1-34H;1-6,11H;;;1H2/q;;2*+1;/p-2. The van der Waals surface area contributed by atoms with Crippen LogP contribution in [0.25, 0.3) is 115 Å². The van der Waals surface area contributed by atoms with E-state index in [0.717, 1.165) is 39.1 Å². The van der Waals surface area contributed by atoms with Gasteiger partial charge in [-0.1, -0.05) is 194 Å². The molecule has 0 aliphatic carbocycles. The third-order valence-electron chi connectivity index (χ3n) is 12.7. The molecular formula is C62H41Li2N3O2. The number of imidazole rings is 1. The van der Waals surface area contributed by atoms with Gasteiger partial charge in [0.1, 0.15) is 5.82 Å². The van der Waals surface area contributed by atoms with E-state index in [-0.39, 0.29) is 48.9 Å². The molecular weight excluding hydrogens is 833 g/mol. The quantitative estimate of drug-likeness (QED) is 0.128. The maximum absolute atomic E-state index is 11.1. The van der Waals surface area contributed by atoms with Crippen LogP contribution in [0.5, 0.6) is 5.75 Å². The third kappa shape index (κ3) is 8.61. The minimum absolute atomic E-state index is 0. The van der Waals surface area contributed by atoms with Crippen molar-refractivity contribution in [3.63, 3.8) is 0 Å². The molecule has 0 amide bonds. The van der Waals surface area contributed by atoms with Gasteiger partial charge < -0.3 is 10.6 Å². The molecule has 0 saturated heterocycles. The monoisotopic (exact) mass is 873 g/mol. The van der Waals surface area contributed by atoms with Gasteiger partial charge in [-0.3, -0.25) is 9.55 Å². The molecule has 0 radical (unpaired) electrons. The Morgan fingerprint density at radius 1 is 0.362 bits per heavy atom. The van der Waals surface area contributed by atoms with Crippen molar-refractivity contribution in [1.82, 2.24) is 14.5 Å². The zero-order valence-corrected chi connectivity index (χ0v) is 38.3. The minimum Gasteiger partial charge on any atom is -0.871 e. The minimum atomic E-state index is -0.0110. The van der Waals surface area contributed by atoms with Crippen LogP contribution in [-0.4, -0.2) is 20.0 Å². The topological polar surface area (TPSA) is 83.8 Å². The SMILES string of the molecule is [Li+].[Li+].[O-]c1cccc2cccnc12.[OH-].c1ccc(-n2c(-c3ccc(-c4ccc5c(-c6ccc7ccccc7c6)c6ccccc6c(-c6ccc7ccccc7c6)c5c4)cc3)nc3ccccc32)cc1. The molecule has 1 N–H and O–H groups in total. The average Bonchev–Trinajstić information content (AvgIpc) is 3.78. The maximum atomic E-state index is 11.1. The molecule has 0 fully saturated rings. The van der Waals surface area contributed by atoms with Crippen molar-refractivity contribution in [1.29, 1.82) is 0 Å². The van der Waals surface area contributed by atoms with Crippen molar-refractivity contribution in [2.75, 3.05) is 0 Å². The van der Waals surface area contributed by atoms with Crippen molar-refractivity contribution >= 4 is 65.0 Å². The first-order valence-electron chi connectivity index (χ1n) is 22.3. The summed E-state index contributed by atoms with van der Waals surface area (Å²) in [6, 6.07) is 83.7. The molecule has 0 aliphatic rings. The summed E-state index contributed by atoms with van der Waals surface area (Å²) in [5.41, 5.74) is 12.1. The third-order valence-corrected chi connectivity index (χ3v) is 12.7.